The average Bonchev–Trinajstić information content (AvgIpc) is 2.27. The Kier molecular flexibility index (Phi) is 5.44. The second-order valence-electron chi connectivity index (χ2n) is 3.86. The molecule has 3 N–H and O–H groups in total. The van der Waals surface area contributed by atoms with Crippen LogP contribution in [0.5, 0.6) is 0 Å². The molecule has 0 spiro atoms. The highest BCUT2D eigenvalue weighted by Crippen LogP contribution is 2.13. The molecule has 0 aliphatic carbocycles. The summed E-state index contributed by atoms with van der Waals surface area (Å²) in [7, 11) is 0. The normalized spacial score (nSPS) is 14.6. The molecule has 1 aromatic heterocycles. The lowest BCUT2D eigenvalue weighted by atomic mass is 10.0. The quantitative estimate of drug-likeness (QED) is 0.752. The second kappa shape index (κ2) is 6.85. The van der Waals surface area contributed by atoms with Gasteiger partial charge in [0.2, 0.25) is 5.91 Å². The van der Waals surface area contributed by atoms with Gasteiger partial charge in [0, 0.05) is 19.3 Å². The van der Waals surface area contributed by atoms with Crippen LogP contribution in [-0.4, -0.2) is 41.2 Å². The Bertz CT molecular complexity index is 461. The van der Waals surface area contributed by atoms with Crippen molar-refractivity contribution in [3.05, 3.63) is 24.4 Å². The van der Waals surface area contributed by atoms with E-state index in [1.807, 2.05) is 12.1 Å². The molecule has 0 saturated carbocycles. The number of amides is 1. The van der Waals surface area contributed by atoms with Crippen LogP contribution in [0.15, 0.2) is 24.4 Å². The van der Waals surface area contributed by atoms with Crippen molar-refractivity contribution in [3.8, 4) is 0 Å². The molecule has 2 rings (SSSR count). The maximum Gasteiger partial charge on any atom is 0.490 e. The fourth-order valence-corrected chi connectivity index (χ4v) is 1.14. The number of hydrogen-bond acceptors (Lipinski definition) is 4. The van der Waals surface area contributed by atoms with Gasteiger partial charge in [-0.15, -0.1) is 0 Å². The highest BCUT2D eigenvalue weighted by atomic mass is 19.4. The van der Waals surface area contributed by atoms with E-state index in [0.717, 1.165) is 13.1 Å². The summed E-state index contributed by atoms with van der Waals surface area (Å²) in [5, 5.41) is 12.9. The van der Waals surface area contributed by atoms with Crippen LogP contribution < -0.4 is 10.6 Å². The van der Waals surface area contributed by atoms with Crippen LogP contribution in [0.4, 0.5) is 19.0 Å². The molecule has 9 heteroatoms. The molecule has 0 radical (unpaired) electrons. The van der Waals surface area contributed by atoms with Crippen molar-refractivity contribution in [2.45, 2.75) is 6.18 Å². The number of carboxylic acids is 1. The Hall–Kier alpha value is -2.16. The largest absolute Gasteiger partial charge is 0.490 e. The molecule has 0 unspecified atom stereocenters. The minimum Gasteiger partial charge on any atom is -0.475 e. The first-order valence-electron chi connectivity index (χ1n) is 5.53. The molecule has 110 valence electrons. The van der Waals surface area contributed by atoms with E-state index in [9.17, 15) is 18.0 Å². The standard InChI is InChI=1S/C9H11N3O.C2HF3O2/c13-9(7-5-10-6-7)12-8-3-1-2-4-11-8;3-2(4,5)1(6)7/h1-4,7,10H,5-6H2,(H,11,12,13);(H,6,7). The number of nitrogens with one attached hydrogen (secondary N) is 2. The molecule has 1 aromatic rings. The van der Waals surface area contributed by atoms with Crippen molar-refractivity contribution in [1.82, 2.24) is 10.3 Å². The first kappa shape index (κ1) is 15.9. The fraction of sp³-hybridized carbons (Fsp3) is 0.364. The van der Waals surface area contributed by atoms with E-state index in [1.54, 1.807) is 12.3 Å². The van der Waals surface area contributed by atoms with E-state index in [1.165, 1.54) is 0 Å². The van der Waals surface area contributed by atoms with Crippen LogP contribution in [0.25, 0.3) is 0 Å². The zero-order valence-corrected chi connectivity index (χ0v) is 10.1. The Balaban J connectivity index is 0.000000246. The summed E-state index contributed by atoms with van der Waals surface area (Å²) >= 11 is 0. The summed E-state index contributed by atoms with van der Waals surface area (Å²) in [6.07, 6.45) is -3.42. The van der Waals surface area contributed by atoms with Crippen LogP contribution in [-0.2, 0) is 9.59 Å². The van der Waals surface area contributed by atoms with Crippen LogP contribution in [0.3, 0.4) is 0 Å². The SMILES string of the molecule is O=C(Nc1ccccn1)C1CNC1.O=C(O)C(F)(F)F. The minimum atomic E-state index is -5.08. The molecule has 0 bridgehead atoms. The van der Waals surface area contributed by atoms with Crippen LogP contribution in [0.1, 0.15) is 0 Å². The van der Waals surface area contributed by atoms with E-state index in [-0.39, 0.29) is 11.8 Å². The smallest absolute Gasteiger partial charge is 0.475 e. The number of anilines is 1. The third kappa shape index (κ3) is 5.22. The van der Waals surface area contributed by atoms with Gasteiger partial charge >= 0.3 is 12.1 Å². The number of alkyl halides is 3. The number of carbonyl (C=O) groups is 2. The highest BCUT2D eigenvalue weighted by Gasteiger charge is 2.38. The monoisotopic (exact) mass is 291 g/mol. The lowest BCUT2D eigenvalue weighted by Crippen LogP contribution is -2.48. The van der Waals surface area contributed by atoms with Crippen molar-refractivity contribution in [3.63, 3.8) is 0 Å². The van der Waals surface area contributed by atoms with E-state index < -0.39 is 12.1 Å². The first-order chi connectivity index (χ1) is 9.30. The number of carboxylic acid groups (broad SMARTS) is 1. The number of carbonyl (C=O) groups excluding carboxylic acids is 1. The van der Waals surface area contributed by atoms with E-state index in [2.05, 4.69) is 15.6 Å². The van der Waals surface area contributed by atoms with Gasteiger partial charge in [-0.2, -0.15) is 13.2 Å². The van der Waals surface area contributed by atoms with E-state index in [0.29, 0.717) is 5.82 Å². The number of pyridine rings is 1. The van der Waals surface area contributed by atoms with Gasteiger partial charge < -0.3 is 15.7 Å². The van der Waals surface area contributed by atoms with Crippen molar-refractivity contribution in [2.75, 3.05) is 18.4 Å². The molecule has 1 fully saturated rings. The number of aliphatic carboxylic acids is 1. The molecule has 1 amide bonds. The molecule has 1 saturated heterocycles. The third-order valence-electron chi connectivity index (χ3n) is 2.31. The lowest BCUT2D eigenvalue weighted by Gasteiger charge is -2.25. The summed E-state index contributed by atoms with van der Waals surface area (Å²) in [6.45, 7) is 1.55. The van der Waals surface area contributed by atoms with Crippen LogP contribution >= 0.6 is 0 Å². The molecule has 6 nitrogen and oxygen atoms in total. The van der Waals surface area contributed by atoms with Gasteiger partial charge in [0.15, 0.2) is 0 Å². The third-order valence-corrected chi connectivity index (χ3v) is 2.31. The maximum atomic E-state index is 11.4. The summed E-state index contributed by atoms with van der Waals surface area (Å²) in [4.78, 5) is 24.3. The second-order valence-corrected chi connectivity index (χ2v) is 3.86. The van der Waals surface area contributed by atoms with Crippen molar-refractivity contribution >= 4 is 17.7 Å². The van der Waals surface area contributed by atoms with E-state index >= 15 is 0 Å². The van der Waals surface area contributed by atoms with Crippen LogP contribution in [0.2, 0.25) is 0 Å². The number of aromatic nitrogens is 1. The molecule has 2 heterocycles. The molecule has 0 atom stereocenters. The van der Waals surface area contributed by atoms with Crippen molar-refractivity contribution in [1.29, 1.82) is 0 Å². The Labute approximate surface area is 112 Å². The number of halogens is 3. The number of nitrogens with zero attached hydrogens (tertiary/aromatic N) is 1. The molecule has 1 aliphatic heterocycles. The number of hydrogen-bond donors (Lipinski definition) is 3. The number of rotatable bonds is 2. The van der Waals surface area contributed by atoms with Crippen molar-refractivity contribution < 1.29 is 27.9 Å². The first-order valence-corrected chi connectivity index (χ1v) is 5.53. The molecule has 0 aromatic carbocycles. The van der Waals surface area contributed by atoms with Gasteiger partial charge in [0.25, 0.3) is 0 Å². The van der Waals surface area contributed by atoms with Gasteiger partial charge in [-0.1, -0.05) is 6.07 Å². The Morgan fingerprint density at radius 1 is 1.35 bits per heavy atom. The zero-order valence-electron chi connectivity index (χ0n) is 10.1. The Morgan fingerprint density at radius 3 is 2.30 bits per heavy atom. The van der Waals surface area contributed by atoms with Gasteiger partial charge in [0.05, 0.1) is 5.92 Å². The zero-order chi connectivity index (χ0) is 15.2. The molecular formula is C11H12F3N3O3. The summed E-state index contributed by atoms with van der Waals surface area (Å²) < 4.78 is 31.7. The predicted molar refractivity (Wildman–Crippen MR) is 62.9 cm³/mol. The average molecular weight is 291 g/mol. The van der Waals surface area contributed by atoms with Crippen molar-refractivity contribution in [2.24, 2.45) is 5.92 Å². The fourth-order valence-electron chi connectivity index (χ4n) is 1.14. The summed E-state index contributed by atoms with van der Waals surface area (Å²) in [6, 6.07) is 5.45. The Morgan fingerprint density at radius 2 is 1.95 bits per heavy atom. The lowest BCUT2D eigenvalue weighted by molar-refractivity contribution is -0.192. The highest BCUT2D eigenvalue weighted by molar-refractivity contribution is 5.92. The summed E-state index contributed by atoms with van der Waals surface area (Å²) in [5.74, 6) is -1.97. The summed E-state index contributed by atoms with van der Waals surface area (Å²) in [5.41, 5.74) is 0. The van der Waals surface area contributed by atoms with Gasteiger partial charge in [-0.3, -0.25) is 4.79 Å². The van der Waals surface area contributed by atoms with Gasteiger partial charge in [0.1, 0.15) is 5.82 Å². The van der Waals surface area contributed by atoms with E-state index in [4.69, 9.17) is 9.90 Å². The molecule has 1 aliphatic rings. The molecular weight excluding hydrogens is 279 g/mol. The van der Waals surface area contributed by atoms with Crippen LogP contribution in [0, 0.1) is 5.92 Å². The van der Waals surface area contributed by atoms with Gasteiger partial charge in [-0.25, -0.2) is 9.78 Å². The molecule has 20 heavy (non-hydrogen) atoms. The topological polar surface area (TPSA) is 91.3 Å². The maximum absolute atomic E-state index is 11.4. The van der Waals surface area contributed by atoms with Gasteiger partial charge in [-0.05, 0) is 12.1 Å². The minimum absolute atomic E-state index is 0.0532. The predicted octanol–water partition coefficient (Wildman–Crippen LogP) is 0.873.